The predicted molar refractivity (Wildman–Crippen MR) is 163 cm³/mol. The van der Waals surface area contributed by atoms with E-state index < -0.39 is 0 Å². The van der Waals surface area contributed by atoms with Gasteiger partial charge in [0.25, 0.3) is 5.91 Å². The van der Waals surface area contributed by atoms with E-state index in [-0.39, 0.29) is 5.91 Å². The molecule has 6 aromatic rings. The van der Waals surface area contributed by atoms with Crippen LogP contribution in [0.1, 0.15) is 64.9 Å². The van der Waals surface area contributed by atoms with Gasteiger partial charge in [-0.25, -0.2) is 4.98 Å². The molecule has 1 aliphatic heterocycles. The molecule has 8 heteroatoms. The van der Waals surface area contributed by atoms with Gasteiger partial charge < -0.3 is 0 Å². The first-order valence-electron chi connectivity index (χ1n) is 13.4. The molecule has 198 valence electrons. The van der Waals surface area contributed by atoms with Crippen LogP contribution in [-0.2, 0) is 7.05 Å². The van der Waals surface area contributed by atoms with E-state index in [2.05, 4.69) is 46.8 Å². The average molecular weight is 554 g/mol. The Hall–Kier alpha value is -3.62. The van der Waals surface area contributed by atoms with E-state index in [1.165, 1.54) is 20.9 Å². The Kier molecular flexibility index (Phi) is 6.08. The zero-order valence-corrected chi connectivity index (χ0v) is 25.1. The maximum atomic E-state index is 13.9. The topological polar surface area (TPSA) is 65.6 Å². The minimum atomic E-state index is -0.0422. The highest BCUT2D eigenvalue weighted by molar-refractivity contribution is 7.16. The molecule has 0 unspecified atom stereocenters. The average Bonchev–Trinajstić information content (AvgIpc) is 3.71. The van der Waals surface area contributed by atoms with Crippen molar-refractivity contribution in [3.05, 3.63) is 62.8 Å². The fourth-order valence-electron chi connectivity index (χ4n) is 5.51. The molecule has 0 aliphatic carbocycles. The van der Waals surface area contributed by atoms with Gasteiger partial charge in [0.1, 0.15) is 22.4 Å². The van der Waals surface area contributed by atoms with E-state index in [0.717, 1.165) is 48.5 Å². The molecular formula is C31H31N5OS2. The molecule has 0 amide bonds. The zero-order valence-electron chi connectivity index (χ0n) is 23.5. The predicted octanol–water partition coefficient (Wildman–Crippen LogP) is 8.52. The quantitative estimate of drug-likeness (QED) is 0.220. The molecule has 7 rings (SSSR count). The molecule has 39 heavy (non-hydrogen) atoms. The van der Waals surface area contributed by atoms with E-state index in [9.17, 15) is 4.79 Å². The lowest BCUT2D eigenvalue weighted by molar-refractivity contribution is 0.0973. The summed E-state index contributed by atoms with van der Waals surface area (Å²) in [6, 6.07) is 12.2. The van der Waals surface area contributed by atoms with Crippen molar-refractivity contribution in [2.75, 3.05) is 0 Å². The van der Waals surface area contributed by atoms with Gasteiger partial charge in [-0.3, -0.25) is 9.36 Å². The van der Waals surface area contributed by atoms with Crippen LogP contribution < -0.4 is 0 Å². The molecule has 0 radical (unpaired) electrons. The highest BCUT2D eigenvalue weighted by atomic mass is 32.1. The van der Waals surface area contributed by atoms with Crippen molar-refractivity contribution in [3.8, 4) is 32.3 Å². The van der Waals surface area contributed by atoms with Crippen LogP contribution >= 0.6 is 22.7 Å². The summed E-state index contributed by atoms with van der Waals surface area (Å²) in [4.78, 5) is 25.5. The summed E-state index contributed by atoms with van der Waals surface area (Å²) < 4.78 is 1.81. The third-order valence-corrected chi connectivity index (χ3v) is 10.0. The number of imidazole rings is 1. The molecule has 4 aromatic heterocycles. The highest BCUT2D eigenvalue weighted by Crippen LogP contribution is 2.49. The number of nitrogens with zero attached hydrogens (tertiary/aromatic N) is 5. The molecule has 0 atom stereocenters. The maximum absolute atomic E-state index is 13.9. The number of benzene rings is 2. The van der Waals surface area contributed by atoms with Crippen molar-refractivity contribution in [2.45, 2.75) is 54.4 Å². The summed E-state index contributed by atoms with van der Waals surface area (Å²) in [5, 5.41) is 9.74. The van der Waals surface area contributed by atoms with Gasteiger partial charge in [-0.15, -0.1) is 22.7 Å². The van der Waals surface area contributed by atoms with Gasteiger partial charge in [0.05, 0.1) is 11.1 Å². The number of aromatic nitrogens is 5. The second-order valence-corrected chi connectivity index (χ2v) is 12.5. The fraction of sp³-hybridized carbons (Fsp3) is 0.290. The van der Waals surface area contributed by atoms with Crippen molar-refractivity contribution in [1.82, 2.24) is 24.5 Å². The normalized spacial score (nSPS) is 12.4. The van der Waals surface area contributed by atoms with E-state index in [0.29, 0.717) is 17.3 Å². The highest BCUT2D eigenvalue weighted by Gasteiger charge is 2.35. The van der Waals surface area contributed by atoms with Gasteiger partial charge in [0, 0.05) is 43.2 Å². The standard InChI is InChI=1S/C29H25N5OS2.C2H6/c1-13(2)27-15(4)12-20(37-27)22-24-23(31-33(6)32-24)21(19-11-14(3)16(5)36-19)25-26(22)34-28(30-25)17-9-7-8-10-18(17)29(34)35;1-2/h7-13H,1-6H3;1-2H3. The summed E-state index contributed by atoms with van der Waals surface area (Å²) in [6.45, 7) is 14.9. The van der Waals surface area contributed by atoms with Crippen LogP contribution in [0.3, 0.4) is 0 Å². The summed E-state index contributed by atoms with van der Waals surface area (Å²) in [6.07, 6.45) is 0. The number of carbonyl (C=O) groups excluding carboxylic acids is 1. The SMILES string of the molecule is CC.Cc1cc(-c2c3nn(C)nc3c(-c3cc(C)c(C(C)C)s3)c3c2nc2n3C(=O)c3ccccc3-2)sc1C. The van der Waals surface area contributed by atoms with Gasteiger partial charge >= 0.3 is 0 Å². The largest absolute Gasteiger partial charge is 0.268 e. The van der Waals surface area contributed by atoms with Crippen LogP contribution in [0.5, 0.6) is 0 Å². The molecule has 0 bridgehead atoms. The second-order valence-electron chi connectivity index (χ2n) is 10.1. The Bertz CT molecular complexity index is 1910. The zero-order chi connectivity index (χ0) is 27.7. The van der Waals surface area contributed by atoms with Crippen LogP contribution in [0.25, 0.3) is 54.3 Å². The van der Waals surface area contributed by atoms with E-state index >= 15 is 0 Å². The van der Waals surface area contributed by atoms with Gasteiger partial charge in [-0.05, 0) is 56.0 Å². The Balaban J connectivity index is 0.00000135. The number of carbonyl (C=O) groups is 1. The first kappa shape index (κ1) is 25.6. The lowest BCUT2D eigenvalue weighted by Gasteiger charge is -2.09. The molecule has 5 heterocycles. The monoisotopic (exact) mass is 553 g/mol. The summed E-state index contributed by atoms with van der Waals surface area (Å²) >= 11 is 3.51. The molecule has 0 saturated carbocycles. The van der Waals surface area contributed by atoms with Crippen molar-refractivity contribution >= 4 is 50.6 Å². The Morgan fingerprint density at radius 1 is 0.821 bits per heavy atom. The third-order valence-electron chi connectivity index (χ3n) is 7.28. The Labute approximate surface area is 235 Å². The molecular weight excluding hydrogens is 523 g/mol. The first-order chi connectivity index (χ1) is 18.7. The van der Waals surface area contributed by atoms with Crippen LogP contribution in [0.2, 0.25) is 0 Å². The number of hydrogen-bond donors (Lipinski definition) is 0. The van der Waals surface area contributed by atoms with Gasteiger partial charge in [-0.2, -0.15) is 15.0 Å². The number of thiophene rings is 2. The van der Waals surface area contributed by atoms with Crippen LogP contribution in [0.4, 0.5) is 0 Å². The van der Waals surface area contributed by atoms with E-state index in [1.54, 1.807) is 27.5 Å². The van der Waals surface area contributed by atoms with Crippen LogP contribution in [0.15, 0.2) is 36.4 Å². The van der Waals surface area contributed by atoms with E-state index in [1.807, 2.05) is 49.7 Å². The molecule has 0 fully saturated rings. The summed E-state index contributed by atoms with van der Waals surface area (Å²) in [5.41, 5.74) is 9.18. The number of aryl methyl sites for hydroxylation is 4. The molecule has 1 aliphatic rings. The van der Waals surface area contributed by atoms with Crippen LogP contribution in [-0.4, -0.2) is 30.5 Å². The molecule has 0 saturated heterocycles. The first-order valence-corrected chi connectivity index (χ1v) is 15.0. The number of hydrogen-bond acceptors (Lipinski definition) is 6. The van der Waals surface area contributed by atoms with Crippen molar-refractivity contribution in [3.63, 3.8) is 0 Å². The minimum absolute atomic E-state index is 0.0422. The summed E-state index contributed by atoms with van der Waals surface area (Å²) in [5.74, 6) is 1.06. The lowest BCUT2D eigenvalue weighted by Crippen LogP contribution is -2.07. The van der Waals surface area contributed by atoms with Crippen molar-refractivity contribution in [1.29, 1.82) is 0 Å². The van der Waals surface area contributed by atoms with Crippen molar-refractivity contribution in [2.24, 2.45) is 7.05 Å². The van der Waals surface area contributed by atoms with E-state index in [4.69, 9.17) is 15.2 Å². The van der Waals surface area contributed by atoms with Gasteiger partial charge in [0.2, 0.25) is 0 Å². The minimum Gasteiger partial charge on any atom is -0.268 e. The van der Waals surface area contributed by atoms with Crippen molar-refractivity contribution < 1.29 is 4.79 Å². The fourth-order valence-corrected chi connectivity index (χ4v) is 7.82. The Morgan fingerprint density at radius 2 is 1.44 bits per heavy atom. The second kappa shape index (κ2) is 9.24. The molecule has 6 nitrogen and oxygen atoms in total. The van der Waals surface area contributed by atoms with Crippen LogP contribution in [0, 0.1) is 20.8 Å². The Morgan fingerprint density at radius 3 is 2.05 bits per heavy atom. The molecule has 0 N–H and O–H groups in total. The number of rotatable bonds is 3. The molecule has 2 aromatic carbocycles. The van der Waals surface area contributed by atoms with Gasteiger partial charge in [-0.1, -0.05) is 45.9 Å². The lowest BCUT2D eigenvalue weighted by atomic mass is 10.0. The smallest absolute Gasteiger partial charge is 0.264 e. The molecule has 0 spiro atoms. The summed E-state index contributed by atoms with van der Waals surface area (Å²) in [7, 11) is 1.86. The number of fused-ring (bicyclic) bond motifs is 6. The van der Waals surface area contributed by atoms with Gasteiger partial charge in [0.15, 0.2) is 0 Å². The third kappa shape index (κ3) is 3.65. The maximum Gasteiger partial charge on any atom is 0.264 e.